The van der Waals surface area contributed by atoms with Gasteiger partial charge in [0.05, 0.1) is 12.8 Å². The highest BCUT2D eigenvalue weighted by Crippen LogP contribution is 2.23. The van der Waals surface area contributed by atoms with Crippen LogP contribution in [0.3, 0.4) is 0 Å². The molecule has 0 atom stereocenters. The van der Waals surface area contributed by atoms with E-state index in [4.69, 9.17) is 39.8 Å². The van der Waals surface area contributed by atoms with Gasteiger partial charge in [-0.15, -0.1) is 0 Å². The number of nitrogens with zero attached hydrogens (tertiary/aromatic N) is 1. The fraction of sp³-hybridized carbons (Fsp3) is 0.150. The van der Waals surface area contributed by atoms with Crippen molar-refractivity contribution >= 4 is 40.5 Å². The molecule has 3 rings (SSSR count). The van der Waals surface area contributed by atoms with Crippen LogP contribution >= 0.6 is 35.4 Å². The quantitative estimate of drug-likeness (QED) is 0.536. The number of thiocarbonyl (C=S) groups is 1. The molecule has 0 spiro atoms. The highest BCUT2D eigenvalue weighted by atomic mass is 35.5. The molecule has 6 heteroatoms. The summed E-state index contributed by atoms with van der Waals surface area (Å²) >= 11 is 18.0. The van der Waals surface area contributed by atoms with Gasteiger partial charge in [0.2, 0.25) is 0 Å². The van der Waals surface area contributed by atoms with Gasteiger partial charge in [0.25, 0.3) is 0 Å². The van der Waals surface area contributed by atoms with Crippen LogP contribution in [-0.4, -0.2) is 10.0 Å². The zero-order chi connectivity index (χ0) is 18.4. The van der Waals surface area contributed by atoms with Crippen molar-refractivity contribution in [2.24, 2.45) is 0 Å². The third-order valence-corrected chi connectivity index (χ3v) is 4.86. The van der Waals surface area contributed by atoms with Crippen molar-refractivity contribution < 1.29 is 4.42 Å². The summed E-state index contributed by atoms with van der Waals surface area (Å²) in [4.78, 5) is 2.07. The molecule has 1 heterocycles. The number of hydrogen-bond acceptors (Lipinski definition) is 2. The van der Waals surface area contributed by atoms with Gasteiger partial charge in [-0.1, -0.05) is 59.6 Å². The second kappa shape index (κ2) is 9.08. The number of nitrogens with one attached hydrogen (secondary N) is 1. The Balaban J connectivity index is 1.75. The molecule has 1 N–H and O–H groups in total. The Morgan fingerprint density at radius 1 is 1.00 bits per heavy atom. The lowest BCUT2D eigenvalue weighted by atomic mass is 10.1. The first-order chi connectivity index (χ1) is 12.6. The van der Waals surface area contributed by atoms with Crippen molar-refractivity contribution in [2.45, 2.75) is 19.6 Å². The molecule has 0 bridgehead atoms. The summed E-state index contributed by atoms with van der Waals surface area (Å²) in [5.74, 6) is 0.830. The van der Waals surface area contributed by atoms with E-state index in [-0.39, 0.29) is 0 Å². The first kappa shape index (κ1) is 18.8. The van der Waals surface area contributed by atoms with Crippen LogP contribution in [0.1, 0.15) is 16.9 Å². The zero-order valence-corrected chi connectivity index (χ0v) is 16.3. The molecule has 0 aliphatic heterocycles. The predicted octanol–water partition coefficient (Wildman–Crippen LogP) is 5.66. The molecule has 0 fully saturated rings. The van der Waals surface area contributed by atoms with Crippen LogP contribution in [0.15, 0.2) is 71.3 Å². The van der Waals surface area contributed by atoms with E-state index in [0.29, 0.717) is 34.8 Å². The van der Waals surface area contributed by atoms with Crippen LogP contribution in [-0.2, 0) is 19.6 Å². The number of halogens is 2. The predicted molar refractivity (Wildman–Crippen MR) is 110 cm³/mol. The van der Waals surface area contributed by atoms with E-state index in [1.807, 2.05) is 42.5 Å². The molecule has 0 radical (unpaired) electrons. The highest BCUT2D eigenvalue weighted by Gasteiger charge is 2.14. The fourth-order valence-electron chi connectivity index (χ4n) is 2.55. The van der Waals surface area contributed by atoms with E-state index >= 15 is 0 Å². The van der Waals surface area contributed by atoms with Gasteiger partial charge in [0.1, 0.15) is 5.76 Å². The topological polar surface area (TPSA) is 28.4 Å². The minimum Gasteiger partial charge on any atom is -0.467 e. The molecule has 0 amide bonds. The Kier molecular flexibility index (Phi) is 6.56. The minimum atomic E-state index is 0.533. The van der Waals surface area contributed by atoms with Crippen LogP contribution in [0.2, 0.25) is 10.0 Å². The monoisotopic (exact) mass is 404 g/mol. The van der Waals surface area contributed by atoms with E-state index in [2.05, 4.69) is 22.3 Å². The summed E-state index contributed by atoms with van der Waals surface area (Å²) in [6, 6.07) is 19.5. The van der Waals surface area contributed by atoms with Gasteiger partial charge in [0, 0.05) is 23.1 Å². The normalized spacial score (nSPS) is 10.5. The molecule has 0 saturated carbocycles. The van der Waals surface area contributed by atoms with Crippen LogP contribution in [0.25, 0.3) is 0 Å². The van der Waals surface area contributed by atoms with E-state index in [1.165, 1.54) is 5.56 Å². The van der Waals surface area contributed by atoms with E-state index < -0.39 is 0 Å². The maximum atomic E-state index is 6.35. The molecular formula is C20H18Cl2N2OS. The molecule has 1 aromatic heterocycles. The Labute approximate surface area is 168 Å². The van der Waals surface area contributed by atoms with E-state index in [1.54, 1.807) is 12.3 Å². The fourth-order valence-corrected chi connectivity index (χ4v) is 3.22. The second-order valence-electron chi connectivity index (χ2n) is 5.82. The van der Waals surface area contributed by atoms with Crippen molar-refractivity contribution in [1.29, 1.82) is 0 Å². The standard InChI is InChI=1S/C20H18Cl2N2OS/c21-17-9-8-16(19(22)11-17)14-24(13-15-5-2-1-3-6-15)20(26)23-12-18-7-4-10-25-18/h1-11H,12-14H2,(H,23,26). The molecule has 2 aromatic carbocycles. The molecule has 134 valence electrons. The van der Waals surface area contributed by atoms with Crippen molar-refractivity contribution in [2.75, 3.05) is 0 Å². The third-order valence-electron chi connectivity index (χ3n) is 3.87. The van der Waals surface area contributed by atoms with Crippen LogP contribution in [0.4, 0.5) is 0 Å². The first-order valence-corrected chi connectivity index (χ1v) is 9.31. The average Bonchev–Trinajstić information content (AvgIpc) is 3.15. The lowest BCUT2D eigenvalue weighted by molar-refractivity contribution is 0.395. The van der Waals surface area contributed by atoms with E-state index in [9.17, 15) is 0 Å². The minimum absolute atomic E-state index is 0.533. The summed E-state index contributed by atoms with van der Waals surface area (Å²) in [6.45, 7) is 1.78. The van der Waals surface area contributed by atoms with Gasteiger partial charge in [0.15, 0.2) is 5.11 Å². The average molecular weight is 405 g/mol. The zero-order valence-electron chi connectivity index (χ0n) is 14.0. The molecule has 26 heavy (non-hydrogen) atoms. The molecule has 3 nitrogen and oxygen atoms in total. The molecule has 0 aliphatic carbocycles. The van der Waals surface area contributed by atoms with E-state index in [0.717, 1.165) is 11.3 Å². The van der Waals surface area contributed by atoms with Gasteiger partial charge in [-0.25, -0.2) is 0 Å². The second-order valence-corrected chi connectivity index (χ2v) is 7.05. The number of furan rings is 1. The van der Waals surface area contributed by atoms with Crippen molar-refractivity contribution in [3.05, 3.63) is 93.9 Å². The Bertz CT molecular complexity index is 854. The van der Waals surface area contributed by atoms with Crippen LogP contribution < -0.4 is 5.32 Å². The lowest BCUT2D eigenvalue weighted by Gasteiger charge is -2.26. The maximum Gasteiger partial charge on any atom is 0.169 e. The number of benzene rings is 2. The van der Waals surface area contributed by atoms with Crippen molar-refractivity contribution in [3.63, 3.8) is 0 Å². The molecule has 0 aliphatic rings. The lowest BCUT2D eigenvalue weighted by Crippen LogP contribution is -2.38. The van der Waals surface area contributed by atoms with Gasteiger partial charge >= 0.3 is 0 Å². The summed E-state index contributed by atoms with van der Waals surface area (Å²) in [5.41, 5.74) is 2.13. The highest BCUT2D eigenvalue weighted by molar-refractivity contribution is 7.80. The Morgan fingerprint density at radius 2 is 1.81 bits per heavy atom. The summed E-state index contributed by atoms with van der Waals surface area (Å²) in [7, 11) is 0. The maximum absolute atomic E-state index is 6.35. The smallest absolute Gasteiger partial charge is 0.169 e. The number of hydrogen-bond donors (Lipinski definition) is 1. The van der Waals surface area contributed by atoms with Gasteiger partial charge in [-0.3, -0.25) is 0 Å². The number of rotatable bonds is 6. The van der Waals surface area contributed by atoms with Crippen molar-refractivity contribution in [3.8, 4) is 0 Å². The molecule has 0 saturated heterocycles. The van der Waals surface area contributed by atoms with Gasteiger partial charge in [-0.2, -0.15) is 0 Å². The molecule has 3 aromatic rings. The molecule has 0 unspecified atom stereocenters. The van der Waals surface area contributed by atoms with Crippen molar-refractivity contribution in [1.82, 2.24) is 10.2 Å². The van der Waals surface area contributed by atoms with Crippen LogP contribution in [0.5, 0.6) is 0 Å². The first-order valence-electron chi connectivity index (χ1n) is 8.15. The SMILES string of the molecule is S=C(NCc1ccco1)N(Cc1ccccc1)Cc1ccc(Cl)cc1Cl. The summed E-state index contributed by atoms with van der Waals surface area (Å²) in [6.07, 6.45) is 1.65. The third kappa shape index (κ3) is 5.24. The largest absolute Gasteiger partial charge is 0.467 e. The molecular weight excluding hydrogens is 387 g/mol. The Morgan fingerprint density at radius 3 is 2.50 bits per heavy atom. The summed E-state index contributed by atoms with van der Waals surface area (Å²) in [5, 5.41) is 5.13. The Hall–Kier alpha value is -2.01. The van der Waals surface area contributed by atoms with Gasteiger partial charge < -0.3 is 14.6 Å². The van der Waals surface area contributed by atoms with Gasteiger partial charge in [-0.05, 0) is 47.6 Å². The summed E-state index contributed by atoms with van der Waals surface area (Å²) < 4.78 is 5.36. The van der Waals surface area contributed by atoms with Crippen LogP contribution in [0, 0.1) is 0 Å².